The Morgan fingerprint density at radius 3 is 2.86 bits per heavy atom. The third kappa shape index (κ3) is 3.79. The van der Waals surface area contributed by atoms with E-state index in [1.807, 2.05) is 0 Å². The summed E-state index contributed by atoms with van der Waals surface area (Å²) in [5, 5.41) is 0.763. The molecule has 84 valence electrons. The molecule has 14 heavy (non-hydrogen) atoms. The quantitative estimate of drug-likeness (QED) is 0.529. The van der Waals surface area contributed by atoms with Crippen molar-refractivity contribution in [3.05, 3.63) is 0 Å². The van der Waals surface area contributed by atoms with Gasteiger partial charge in [-0.1, -0.05) is 26.7 Å². The van der Waals surface area contributed by atoms with E-state index < -0.39 is 0 Å². The SMILES string of the molecule is CCCC(C)CC(NN)C1CCCS1. The van der Waals surface area contributed by atoms with Crippen molar-refractivity contribution in [3.63, 3.8) is 0 Å². The predicted molar refractivity (Wildman–Crippen MR) is 65.3 cm³/mol. The van der Waals surface area contributed by atoms with Crippen LogP contribution in [0.3, 0.4) is 0 Å². The second-order valence-corrected chi connectivity index (χ2v) is 5.80. The van der Waals surface area contributed by atoms with Crippen LogP contribution in [0.4, 0.5) is 0 Å². The van der Waals surface area contributed by atoms with Crippen molar-refractivity contribution in [2.24, 2.45) is 11.8 Å². The van der Waals surface area contributed by atoms with E-state index in [0.717, 1.165) is 11.2 Å². The molecule has 0 radical (unpaired) electrons. The van der Waals surface area contributed by atoms with Gasteiger partial charge in [-0.25, -0.2) is 0 Å². The summed E-state index contributed by atoms with van der Waals surface area (Å²) in [6.45, 7) is 4.60. The smallest absolute Gasteiger partial charge is 0.0331 e. The topological polar surface area (TPSA) is 38.0 Å². The van der Waals surface area contributed by atoms with Crippen molar-refractivity contribution < 1.29 is 0 Å². The molecule has 2 nitrogen and oxygen atoms in total. The molecule has 1 fully saturated rings. The third-order valence-electron chi connectivity index (χ3n) is 3.07. The molecule has 3 unspecified atom stereocenters. The zero-order valence-corrected chi connectivity index (χ0v) is 10.3. The van der Waals surface area contributed by atoms with Gasteiger partial charge in [0.25, 0.3) is 0 Å². The summed E-state index contributed by atoms with van der Waals surface area (Å²) in [5.41, 5.74) is 3.01. The van der Waals surface area contributed by atoms with E-state index in [1.54, 1.807) is 0 Å². The Morgan fingerprint density at radius 1 is 1.57 bits per heavy atom. The van der Waals surface area contributed by atoms with Crippen LogP contribution in [-0.4, -0.2) is 17.0 Å². The van der Waals surface area contributed by atoms with Gasteiger partial charge < -0.3 is 0 Å². The van der Waals surface area contributed by atoms with Gasteiger partial charge in [0.15, 0.2) is 0 Å². The van der Waals surface area contributed by atoms with Gasteiger partial charge in [-0.3, -0.25) is 11.3 Å². The van der Waals surface area contributed by atoms with Crippen LogP contribution in [0.25, 0.3) is 0 Å². The summed E-state index contributed by atoms with van der Waals surface area (Å²) >= 11 is 2.09. The minimum absolute atomic E-state index is 0.532. The van der Waals surface area contributed by atoms with Gasteiger partial charge >= 0.3 is 0 Å². The normalized spacial score (nSPS) is 26.4. The first-order valence-electron chi connectivity index (χ1n) is 5.85. The van der Waals surface area contributed by atoms with Crippen molar-refractivity contribution in [2.75, 3.05) is 5.75 Å². The van der Waals surface area contributed by atoms with Crippen LogP contribution >= 0.6 is 11.8 Å². The molecule has 1 aliphatic heterocycles. The highest BCUT2D eigenvalue weighted by atomic mass is 32.2. The summed E-state index contributed by atoms with van der Waals surface area (Å²) in [6, 6.07) is 0.532. The maximum Gasteiger partial charge on any atom is 0.0331 e. The highest BCUT2D eigenvalue weighted by Gasteiger charge is 2.25. The Hall–Kier alpha value is 0.270. The van der Waals surface area contributed by atoms with E-state index in [2.05, 4.69) is 31.0 Å². The first-order valence-corrected chi connectivity index (χ1v) is 6.90. The van der Waals surface area contributed by atoms with Crippen LogP contribution in [-0.2, 0) is 0 Å². The van der Waals surface area contributed by atoms with E-state index in [-0.39, 0.29) is 0 Å². The van der Waals surface area contributed by atoms with Crippen LogP contribution in [0.5, 0.6) is 0 Å². The Kier molecular flexibility index (Phi) is 5.90. The molecule has 0 aromatic heterocycles. The zero-order chi connectivity index (χ0) is 10.4. The van der Waals surface area contributed by atoms with E-state index in [9.17, 15) is 0 Å². The molecular formula is C11H24N2S. The standard InChI is InChI=1S/C11H24N2S/c1-3-5-9(2)8-10(13-12)11-6-4-7-14-11/h9-11,13H,3-8,12H2,1-2H3. The molecule has 3 atom stereocenters. The largest absolute Gasteiger partial charge is 0.271 e. The van der Waals surface area contributed by atoms with Crippen molar-refractivity contribution >= 4 is 11.8 Å². The Bertz CT molecular complexity index is 146. The van der Waals surface area contributed by atoms with Gasteiger partial charge in [0.1, 0.15) is 0 Å². The van der Waals surface area contributed by atoms with Gasteiger partial charge in [0.2, 0.25) is 0 Å². The molecular weight excluding hydrogens is 192 g/mol. The Labute approximate surface area is 92.4 Å². The number of hydrogen-bond acceptors (Lipinski definition) is 3. The maximum absolute atomic E-state index is 5.63. The van der Waals surface area contributed by atoms with Crippen LogP contribution in [0.2, 0.25) is 0 Å². The number of nitrogens with one attached hydrogen (secondary N) is 1. The highest BCUT2D eigenvalue weighted by Crippen LogP contribution is 2.31. The lowest BCUT2D eigenvalue weighted by atomic mass is 9.94. The number of rotatable bonds is 6. The van der Waals surface area contributed by atoms with Crippen LogP contribution in [0.15, 0.2) is 0 Å². The fourth-order valence-electron chi connectivity index (χ4n) is 2.29. The zero-order valence-electron chi connectivity index (χ0n) is 9.46. The Balaban J connectivity index is 2.29. The van der Waals surface area contributed by atoms with E-state index in [4.69, 9.17) is 5.84 Å². The lowest BCUT2D eigenvalue weighted by Crippen LogP contribution is -2.42. The lowest BCUT2D eigenvalue weighted by molar-refractivity contribution is 0.375. The number of hydrogen-bond donors (Lipinski definition) is 2. The van der Waals surface area contributed by atoms with Crippen molar-refractivity contribution in [2.45, 2.75) is 57.2 Å². The van der Waals surface area contributed by atoms with Crippen LogP contribution in [0, 0.1) is 5.92 Å². The first kappa shape index (κ1) is 12.3. The van der Waals surface area contributed by atoms with Gasteiger partial charge in [-0.2, -0.15) is 11.8 Å². The van der Waals surface area contributed by atoms with E-state index in [0.29, 0.717) is 6.04 Å². The van der Waals surface area contributed by atoms with Crippen molar-refractivity contribution in [3.8, 4) is 0 Å². The molecule has 1 rings (SSSR count). The molecule has 0 bridgehead atoms. The molecule has 0 amide bonds. The summed E-state index contributed by atoms with van der Waals surface area (Å²) in [6.07, 6.45) is 6.57. The average Bonchev–Trinajstić information content (AvgIpc) is 2.67. The maximum atomic E-state index is 5.63. The lowest BCUT2D eigenvalue weighted by Gasteiger charge is -2.24. The highest BCUT2D eigenvalue weighted by molar-refractivity contribution is 8.00. The predicted octanol–water partition coefficient (Wildman–Crippen LogP) is 2.54. The number of nitrogens with two attached hydrogens (primary N) is 1. The first-order chi connectivity index (χ1) is 6.77. The van der Waals surface area contributed by atoms with Crippen LogP contribution in [0.1, 0.15) is 46.0 Å². The van der Waals surface area contributed by atoms with Gasteiger partial charge in [0, 0.05) is 11.3 Å². The third-order valence-corrected chi connectivity index (χ3v) is 4.58. The molecule has 1 aliphatic rings. The monoisotopic (exact) mass is 216 g/mol. The molecule has 3 N–H and O–H groups in total. The molecule has 3 heteroatoms. The molecule has 0 aliphatic carbocycles. The van der Waals surface area contributed by atoms with Crippen molar-refractivity contribution in [1.82, 2.24) is 5.43 Å². The average molecular weight is 216 g/mol. The Morgan fingerprint density at radius 2 is 2.36 bits per heavy atom. The summed E-state index contributed by atoms with van der Waals surface area (Å²) in [5.74, 6) is 7.77. The number of thioether (sulfide) groups is 1. The summed E-state index contributed by atoms with van der Waals surface area (Å²) in [4.78, 5) is 0. The minimum atomic E-state index is 0.532. The fourth-order valence-corrected chi connectivity index (χ4v) is 3.68. The van der Waals surface area contributed by atoms with Gasteiger partial charge in [-0.15, -0.1) is 0 Å². The minimum Gasteiger partial charge on any atom is -0.271 e. The molecule has 1 saturated heterocycles. The van der Waals surface area contributed by atoms with Crippen molar-refractivity contribution in [1.29, 1.82) is 0 Å². The summed E-state index contributed by atoms with van der Waals surface area (Å²) < 4.78 is 0. The second-order valence-electron chi connectivity index (χ2n) is 4.45. The van der Waals surface area contributed by atoms with E-state index in [1.165, 1.54) is 37.9 Å². The molecule has 0 aromatic rings. The van der Waals surface area contributed by atoms with Gasteiger partial charge in [-0.05, 0) is 30.9 Å². The second kappa shape index (κ2) is 6.70. The van der Waals surface area contributed by atoms with E-state index >= 15 is 0 Å². The summed E-state index contributed by atoms with van der Waals surface area (Å²) in [7, 11) is 0. The fraction of sp³-hybridized carbons (Fsp3) is 1.00. The molecule has 0 aromatic carbocycles. The molecule has 1 heterocycles. The van der Waals surface area contributed by atoms with Crippen LogP contribution < -0.4 is 11.3 Å². The number of hydrazine groups is 1. The van der Waals surface area contributed by atoms with Gasteiger partial charge in [0.05, 0.1) is 0 Å². The molecule has 0 spiro atoms. The molecule has 0 saturated carbocycles.